The second-order valence-corrected chi connectivity index (χ2v) is 4.56. The van der Waals surface area contributed by atoms with E-state index in [2.05, 4.69) is 27.1 Å². The van der Waals surface area contributed by atoms with E-state index in [1.165, 1.54) is 5.56 Å². The molecule has 2 heterocycles. The van der Waals surface area contributed by atoms with Gasteiger partial charge in [0.1, 0.15) is 0 Å². The minimum Gasteiger partial charge on any atom is -0.383 e. The number of ether oxygens (including phenoxy) is 1. The molecule has 2 rings (SSSR count). The van der Waals surface area contributed by atoms with Gasteiger partial charge in [-0.1, -0.05) is 6.07 Å². The molecule has 0 radical (unpaired) electrons. The van der Waals surface area contributed by atoms with Gasteiger partial charge in [-0.15, -0.1) is 0 Å². The highest BCUT2D eigenvalue weighted by Gasteiger charge is 2.17. The number of methoxy groups -OCH3 is 1. The number of likely N-dealkylation sites (N-methyl/N-ethyl adjacent to an activating group) is 1. The third-order valence-corrected chi connectivity index (χ3v) is 3.19. The third-order valence-electron chi connectivity index (χ3n) is 3.19. The second-order valence-electron chi connectivity index (χ2n) is 4.56. The van der Waals surface area contributed by atoms with Crippen LogP contribution in [0.1, 0.15) is 17.3 Å². The lowest BCUT2D eigenvalue weighted by atomic mass is 10.1. The monoisotopic (exact) mass is 260 g/mol. The van der Waals surface area contributed by atoms with Crippen molar-refractivity contribution in [2.75, 3.05) is 27.3 Å². The van der Waals surface area contributed by atoms with E-state index in [1.54, 1.807) is 7.11 Å². The summed E-state index contributed by atoms with van der Waals surface area (Å²) in [5.41, 5.74) is 2.25. The first-order valence-corrected chi connectivity index (χ1v) is 6.39. The van der Waals surface area contributed by atoms with E-state index in [0.29, 0.717) is 6.61 Å². The Hall–Kier alpha value is -1.72. The van der Waals surface area contributed by atoms with Crippen LogP contribution in [-0.4, -0.2) is 47.4 Å². The van der Waals surface area contributed by atoms with Crippen LogP contribution in [0.2, 0.25) is 0 Å². The van der Waals surface area contributed by atoms with Crippen LogP contribution in [-0.2, 0) is 11.2 Å². The van der Waals surface area contributed by atoms with E-state index in [9.17, 15) is 0 Å². The summed E-state index contributed by atoms with van der Waals surface area (Å²) in [6.45, 7) is 1.57. The molecule has 0 bridgehead atoms. The Labute approximate surface area is 113 Å². The molecular formula is C14H20N4O. The summed E-state index contributed by atoms with van der Waals surface area (Å²) in [4.78, 5) is 6.69. The Morgan fingerprint density at radius 1 is 1.42 bits per heavy atom. The number of rotatable bonds is 7. The standard InChI is InChI=1S/C14H20N4O/c1-18(8-6-12-9-16-17-10-12)14(11-19-2)13-5-3-4-7-15-13/h3-5,7,9-10,14H,6,8,11H2,1-2H3,(H,16,17)/t14-/m1/s1. The van der Waals surface area contributed by atoms with Crippen molar-refractivity contribution in [2.24, 2.45) is 0 Å². The maximum absolute atomic E-state index is 5.32. The maximum Gasteiger partial charge on any atom is 0.0755 e. The lowest BCUT2D eigenvalue weighted by molar-refractivity contribution is 0.105. The van der Waals surface area contributed by atoms with Crippen molar-refractivity contribution >= 4 is 0 Å². The van der Waals surface area contributed by atoms with Gasteiger partial charge in [-0.05, 0) is 31.2 Å². The molecule has 1 atom stereocenters. The average molecular weight is 260 g/mol. The first-order chi connectivity index (χ1) is 9.31. The van der Waals surface area contributed by atoms with Gasteiger partial charge in [0.25, 0.3) is 0 Å². The molecule has 0 fully saturated rings. The first-order valence-electron chi connectivity index (χ1n) is 6.39. The molecule has 0 saturated carbocycles. The Bertz CT molecular complexity index is 458. The minimum atomic E-state index is 0.179. The fourth-order valence-electron chi connectivity index (χ4n) is 2.05. The molecule has 0 aliphatic heterocycles. The lowest BCUT2D eigenvalue weighted by Crippen LogP contribution is -2.30. The van der Waals surface area contributed by atoms with Crippen LogP contribution in [0, 0.1) is 0 Å². The molecule has 0 spiro atoms. The number of H-pyrrole nitrogens is 1. The van der Waals surface area contributed by atoms with Gasteiger partial charge in [0.15, 0.2) is 0 Å². The van der Waals surface area contributed by atoms with Crippen molar-refractivity contribution in [1.29, 1.82) is 0 Å². The second kappa shape index (κ2) is 7.01. The molecule has 2 aromatic rings. The highest BCUT2D eigenvalue weighted by molar-refractivity contribution is 5.09. The van der Waals surface area contributed by atoms with E-state index in [-0.39, 0.29) is 6.04 Å². The SMILES string of the molecule is COC[C@H](c1ccccn1)N(C)CCc1cn[nH]c1. The Kier molecular flexibility index (Phi) is 5.06. The predicted octanol–water partition coefficient (Wildman–Crippen LogP) is 1.67. The molecule has 19 heavy (non-hydrogen) atoms. The summed E-state index contributed by atoms with van der Waals surface area (Å²) < 4.78 is 5.32. The molecule has 0 unspecified atom stereocenters. The summed E-state index contributed by atoms with van der Waals surface area (Å²) in [5.74, 6) is 0. The summed E-state index contributed by atoms with van der Waals surface area (Å²) >= 11 is 0. The van der Waals surface area contributed by atoms with Crippen LogP contribution in [0.4, 0.5) is 0 Å². The zero-order valence-corrected chi connectivity index (χ0v) is 11.4. The van der Waals surface area contributed by atoms with Crippen molar-refractivity contribution in [3.63, 3.8) is 0 Å². The minimum absolute atomic E-state index is 0.179. The number of nitrogens with one attached hydrogen (secondary N) is 1. The quantitative estimate of drug-likeness (QED) is 0.822. The predicted molar refractivity (Wildman–Crippen MR) is 73.8 cm³/mol. The van der Waals surface area contributed by atoms with Crippen LogP contribution < -0.4 is 0 Å². The first kappa shape index (κ1) is 13.7. The summed E-state index contributed by atoms with van der Waals surface area (Å²) in [7, 11) is 3.82. The molecule has 0 amide bonds. The third kappa shape index (κ3) is 3.87. The largest absolute Gasteiger partial charge is 0.383 e. The zero-order valence-electron chi connectivity index (χ0n) is 11.4. The highest BCUT2D eigenvalue weighted by atomic mass is 16.5. The van der Waals surface area contributed by atoms with Gasteiger partial charge in [-0.2, -0.15) is 5.10 Å². The van der Waals surface area contributed by atoms with Gasteiger partial charge in [-0.3, -0.25) is 15.0 Å². The van der Waals surface area contributed by atoms with Gasteiger partial charge in [0, 0.05) is 26.0 Å². The fraction of sp³-hybridized carbons (Fsp3) is 0.429. The number of aromatic amines is 1. The van der Waals surface area contributed by atoms with E-state index in [0.717, 1.165) is 18.7 Å². The molecule has 102 valence electrons. The van der Waals surface area contributed by atoms with Gasteiger partial charge < -0.3 is 4.74 Å². The van der Waals surface area contributed by atoms with Crippen LogP contribution >= 0.6 is 0 Å². The molecule has 5 heteroatoms. The fourth-order valence-corrected chi connectivity index (χ4v) is 2.05. The molecule has 2 aromatic heterocycles. The summed E-state index contributed by atoms with van der Waals surface area (Å²) in [5, 5.41) is 6.79. The van der Waals surface area contributed by atoms with E-state index < -0.39 is 0 Å². The van der Waals surface area contributed by atoms with Gasteiger partial charge in [0.2, 0.25) is 0 Å². The molecule has 0 aliphatic carbocycles. The Morgan fingerprint density at radius 3 is 2.95 bits per heavy atom. The van der Waals surface area contributed by atoms with Crippen LogP contribution in [0.25, 0.3) is 0 Å². The van der Waals surface area contributed by atoms with E-state index in [1.807, 2.05) is 36.8 Å². The molecule has 0 saturated heterocycles. The number of aromatic nitrogens is 3. The van der Waals surface area contributed by atoms with E-state index >= 15 is 0 Å². The molecule has 0 aromatic carbocycles. The maximum atomic E-state index is 5.32. The average Bonchev–Trinajstić information content (AvgIpc) is 2.96. The number of pyridine rings is 1. The van der Waals surface area contributed by atoms with Gasteiger partial charge in [0.05, 0.1) is 24.5 Å². The number of hydrogen-bond acceptors (Lipinski definition) is 4. The topological polar surface area (TPSA) is 54.0 Å². The highest BCUT2D eigenvalue weighted by Crippen LogP contribution is 2.17. The van der Waals surface area contributed by atoms with Gasteiger partial charge in [-0.25, -0.2) is 0 Å². The number of hydrogen-bond donors (Lipinski definition) is 1. The molecule has 5 nitrogen and oxygen atoms in total. The van der Waals surface area contributed by atoms with Crippen molar-refractivity contribution in [1.82, 2.24) is 20.1 Å². The van der Waals surface area contributed by atoms with Crippen molar-refractivity contribution in [3.05, 3.63) is 48.0 Å². The van der Waals surface area contributed by atoms with E-state index in [4.69, 9.17) is 4.74 Å². The van der Waals surface area contributed by atoms with Gasteiger partial charge >= 0.3 is 0 Å². The van der Waals surface area contributed by atoms with Crippen LogP contribution in [0.3, 0.4) is 0 Å². The van der Waals surface area contributed by atoms with Crippen LogP contribution in [0.5, 0.6) is 0 Å². The number of nitrogens with zero attached hydrogens (tertiary/aromatic N) is 3. The normalized spacial score (nSPS) is 12.8. The molecule has 1 N–H and O–H groups in total. The molecule has 0 aliphatic rings. The smallest absolute Gasteiger partial charge is 0.0755 e. The Balaban J connectivity index is 1.98. The van der Waals surface area contributed by atoms with Crippen LogP contribution in [0.15, 0.2) is 36.8 Å². The van der Waals surface area contributed by atoms with Crippen molar-refractivity contribution in [2.45, 2.75) is 12.5 Å². The summed E-state index contributed by atoms with van der Waals surface area (Å²) in [6, 6.07) is 6.16. The summed E-state index contributed by atoms with van der Waals surface area (Å²) in [6.07, 6.45) is 6.57. The zero-order chi connectivity index (χ0) is 13.5. The molecular weight excluding hydrogens is 240 g/mol. The van der Waals surface area contributed by atoms with Crippen molar-refractivity contribution < 1.29 is 4.74 Å². The Morgan fingerprint density at radius 2 is 2.32 bits per heavy atom. The van der Waals surface area contributed by atoms with Crippen molar-refractivity contribution in [3.8, 4) is 0 Å². The lowest BCUT2D eigenvalue weighted by Gasteiger charge is -2.26.